The average Bonchev–Trinajstić information content (AvgIpc) is 3.16. The highest BCUT2D eigenvalue weighted by Crippen LogP contribution is 2.17. The number of guanidine groups is 1. The van der Waals surface area contributed by atoms with Gasteiger partial charge < -0.3 is 20.3 Å². The standard InChI is InChI=1S/C21H30N4O2S/c1-5-18-10-11-19(28-18)14-24-21(22-6-2)23-13-16-8-7-9-17(12-16)27-15-20(26)25(3)4/h7-12H,5-6,13-15H2,1-4H3,(H2,22,23,24). The number of hydrogen-bond acceptors (Lipinski definition) is 4. The molecule has 0 fully saturated rings. The Hall–Kier alpha value is -2.54. The third-order valence-corrected chi connectivity index (χ3v) is 5.25. The predicted octanol–water partition coefficient (Wildman–Crippen LogP) is 3.03. The number of aliphatic imine (C=N–C) groups is 1. The topological polar surface area (TPSA) is 66.0 Å². The Morgan fingerprint density at radius 2 is 1.93 bits per heavy atom. The molecule has 0 atom stereocenters. The van der Waals surface area contributed by atoms with Gasteiger partial charge in [0.25, 0.3) is 5.91 Å². The summed E-state index contributed by atoms with van der Waals surface area (Å²) >= 11 is 1.83. The molecule has 2 aromatic rings. The molecule has 0 spiro atoms. The molecule has 1 aromatic heterocycles. The number of aryl methyl sites for hydroxylation is 1. The molecule has 28 heavy (non-hydrogen) atoms. The van der Waals surface area contributed by atoms with Gasteiger partial charge in [-0.1, -0.05) is 19.1 Å². The minimum absolute atomic E-state index is 0.0322. The van der Waals surface area contributed by atoms with Gasteiger partial charge >= 0.3 is 0 Å². The third kappa shape index (κ3) is 7.23. The lowest BCUT2D eigenvalue weighted by Crippen LogP contribution is -2.36. The highest BCUT2D eigenvalue weighted by molar-refractivity contribution is 7.11. The molecular weight excluding hydrogens is 372 g/mol. The van der Waals surface area contributed by atoms with E-state index in [1.807, 2.05) is 42.5 Å². The largest absolute Gasteiger partial charge is 0.484 e. The van der Waals surface area contributed by atoms with Crippen LogP contribution in [-0.2, 0) is 24.3 Å². The van der Waals surface area contributed by atoms with Gasteiger partial charge in [0, 0.05) is 30.4 Å². The van der Waals surface area contributed by atoms with E-state index in [9.17, 15) is 4.79 Å². The molecule has 0 unspecified atom stereocenters. The maximum absolute atomic E-state index is 11.7. The molecule has 0 bridgehead atoms. The van der Waals surface area contributed by atoms with Crippen molar-refractivity contribution in [2.45, 2.75) is 33.4 Å². The lowest BCUT2D eigenvalue weighted by molar-refractivity contribution is -0.130. The van der Waals surface area contributed by atoms with Crippen LogP contribution in [0.25, 0.3) is 0 Å². The van der Waals surface area contributed by atoms with Gasteiger partial charge in [0.15, 0.2) is 12.6 Å². The maximum Gasteiger partial charge on any atom is 0.259 e. The fourth-order valence-electron chi connectivity index (χ4n) is 2.40. The summed E-state index contributed by atoms with van der Waals surface area (Å²) in [5, 5.41) is 6.65. The molecule has 0 saturated carbocycles. The Morgan fingerprint density at radius 3 is 2.61 bits per heavy atom. The normalized spacial score (nSPS) is 11.2. The molecule has 0 radical (unpaired) electrons. The van der Waals surface area contributed by atoms with Crippen molar-refractivity contribution in [1.82, 2.24) is 15.5 Å². The van der Waals surface area contributed by atoms with Crippen molar-refractivity contribution in [3.63, 3.8) is 0 Å². The Bertz CT molecular complexity index is 786. The first kappa shape index (κ1) is 21.8. The molecule has 6 nitrogen and oxygen atoms in total. The van der Waals surface area contributed by atoms with E-state index in [1.54, 1.807) is 14.1 Å². The zero-order chi connectivity index (χ0) is 20.4. The second-order valence-electron chi connectivity index (χ2n) is 6.49. The van der Waals surface area contributed by atoms with Crippen molar-refractivity contribution in [2.75, 3.05) is 27.2 Å². The predicted molar refractivity (Wildman–Crippen MR) is 116 cm³/mol. The second-order valence-corrected chi connectivity index (χ2v) is 7.75. The summed E-state index contributed by atoms with van der Waals surface area (Å²) in [6.45, 7) is 6.33. The SMILES string of the molecule is CCNC(=NCc1cccc(OCC(=O)N(C)C)c1)NCc1ccc(CC)s1. The monoisotopic (exact) mass is 402 g/mol. The highest BCUT2D eigenvalue weighted by Gasteiger charge is 2.06. The fourth-order valence-corrected chi connectivity index (χ4v) is 3.30. The quantitative estimate of drug-likeness (QED) is 0.500. The molecular formula is C21H30N4O2S. The molecule has 7 heteroatoms. The van der Waals surface area contributed by atoms with Crippen LogP contribution in [0.5, 0.6) is 5.75 Å². The van der Waals surface area contributed by atoms with E-state index < -0.39 is 0 Å². The number of hydrogen-bond donors (Lipinski definition) is 2. The van der Waals surface area contributed by atoms with Crippen molar-refractivity contribution in [2.24, 2.45) is 4.99 Å². The maximum atomic E-state index is 11.7. The minimum Gasteiger partial charge on any atom is -0.484 e. The van der Waals surface area contributed by atoms with Crippen molar-refractivity contribution in [1.29, 1.82) is 0 Å². The minimum atomic E-state index is -0.0677. The Kier molecular flexibility index (Phi) is 8.81. The summed E-state index contributed by atoms with van der Waals surface area (Å²) in [7, 11) is 3.43. The Balaban J connectivity index is 1.93. The van der Waals surface area contributed by atoms with Gasteiger partial charge in [0.05, 0.1) is 13.1 Å². The third-order valence-electron chi connectivity index (χ3n) is 4.02. The van der Waals surface area contributed by atoms with Crippen molar-refractivity contribution in [3.8, 4) is 5.75 Å². The van der Waals surface area contributed by atoms with Crippen molar-refractivity contribution < 1.29 is 9.53 Å². The number of thiophene rings is 1. The van der Waals surface area contributed by atoms with E-state index >= 15 is 0 Å². The molecule has 0 aliphatic heterocycles. The first-order chi connectivity index (χ1) is 13.5. The van der Waals surface area contributed by atoms with Gasteiger partial charge in [-0.15, -0.1) is 11.3 Å². The highest BCUT2D eigenvalue weighted by atomic mass is 32.1. The number of amides is 1. The van der Waals surface area contributed by atoms with Gasteiger partial charge in [0.2, 0.25) is 0 Å². The summed E-state index contributed by atoms with van der Waals surface area (Å²) < 4.78 is 5.57. The van der Waals surface area contributed by atoms with Gasteiger partial charge in [-0.05, 0) is 43.2 Å². The molecule has 0 aliphatic carbocycles. The lowest BCUT2D eigenvalue weighted by atomic mass is 10.2. The number of nitrogens with zero attached hydrogens (tertiary/aromatic N) is 2. The first-order valence-electron chi connectivity index (χ1n) is 9.53. The van der Waals surface area contributed by atoms with Crippen LogP contribution in [0.4, 0.5) is 0 Å². The van der Waals surface area contributed by atoms with Crippen LogP contribution in [0, 0.1) is 0 Å². The molecule has 2 rings (SSSR count). The summed E-state index contributed by atoms with van der Waals surface area (Å²) in [6.07, 6.45) is 1.07. The van der Waals surface area contributed by atoms with Crippen LogP contribution in [-0.4, -0.2) is 44.0 Å². The number of benzene rings is 1. The van der Waals surface area contributed by atoms with Crippen LogP contribution in [0.15, 0.2) is 41.4 Å². The van der Waals surface area contributed by atoms with Gasteiger partial charge in [-0.25, -0.2) is 4.99 Å². The number of likely N-dealkylation sites (N-methyl/N-ethyl adjacent to an activating group) is 1. The van der Waals surface area contributed by atoms with E-state index in [0.717, 1.165) is 31.0 Å². The van der Waals surface area contributed by atoms with Crippen LogP contribution in [0.1, 0.15) is 29.2 Å². The van der Waals surface area contributed by atoms with E-state index in [-0.39, 0.29) is 12.5 Å². The van der Waals surface area contributed by atoms with Gasteiger partial charge in [-0.2, -0.15) is 0 Å². The number of carbonyl (C=O) groups is 1. The zero-order valence-electron chi connectivity index (χ0n) is 17.1. The number of rotatable bonds is 9. The Labute approximate surface area is 171 Å². The zero-order valence-corrected chi connectivity index (χ0v) is 17.9. The van der Waals surface area contributed by atoms with Crippen LogP contribution >= 0.6 is 11.3 Å². The van der Waals surface area contributed by atoms with E-state index in [4.69, 9.17) is 4.74 Å². The second kappa shape index (κ2) is 11.3. The van der Waals surface area contributed by atoms with E-state index in [0.29, 0.717) is 12.3 Å². The summed E-state index contributed by atoms with van der Waals surface area (Å²) in [5.41, 5.74) is 1.02. The molecule has 1 amide bonds. The van der Waals surface area contributed by atoms with Gasteiger partial charge in [0.1, 0.15) is 5.75 Å². The smallest absolute Gasteiger partial charge is 0.259 e. The van der Waals surface area contributed by atoms with E-state index in [1.165, 1.54) is 14.7 Å². The Morgan fingerprint density at radius 1 is 1.14 bits per heavy atom. The first-order valence-corrected chi connectivity index (χ1v) is 10.3. The van der Waals surface area contributed by atoms with E-state index in [2.05, 4.69) is 34.7 Å². The van der Waals surface area contributed by atoms with Crippen LogP contribution < -0.4 is 15.4 Å². The summed E-state index contributed by atoms with van der Waals surface area (Å²) in [6, 6.07) is 12.0. The lowest BCUT2D eigenvalue weighted by Gasteiger charge is -2.12. The molecule has 152 valence electrons. The number of nitrogens with one attached hydrogen (secondary N) is 2. The molecule has 0 aliphatic rings. The van der Waals surface area contributed by atoms with Gasteiger partial charge in [-0.3, -0.25) is 4.79 Å². The number of ether oxygens (including phenoxy) is 1. The van der Waals surface area contributed by atoms with Crippen molar-refractivity contribution in [3.05, 3.63) is 51.7 Å². The summed E-state index contributed by atoms with van der Waals surface area (Å²) in [4.78, 5) is 20.5. The molecule has 1 aromatic carbocycles. The molecule has 2 N–H and O–H groups in total. The molecule has 1 heterocycles. The van der Waals surface area contributed by atoms with Crippen molar-refractivity contribution >= 4 is 23.2 Å². The van der Waals surface area contributed by atoms with Crippen LogP contribution in [0.2, 0.25) is 0 Å². The summed E-state index contributed by atoms with van der Waals surface area (Å²) in [5.74, 6) is 1.39. The fraction of sp³-hybridized carbons (Fsp3) is 0.429. The van der Waals surface area contributed by atoms with Crippen LogP contribution in [0.3, 0.4) is 0 Å². The average molecular weight is 403 g/mol. The number of carbonyl (C=O) groups excluding carboxylic acids is 1. The molecule has 0 saturated heterocycles.